The van der Waals surface area contributed by atoms with Crippen molar-refractivity contribution in [3.63, 3.8) is 0 Å². The molecule has 0 aromatic carbocycles. The van der Waals surface area contributed by atoms with Gasteiger partial charge in [0.1, 0.15) is 0 Å². The van der Waals surface area contributed by atoms with Crippen LogP contribution in [-0.4, -0.2) is 27.4 Å². The molecule has 9 heteroatoms. The van der Waals surface area contributed by atoms with E-state index in [1.165, 1.54) is 11.5 Å². The molecule has 1 aromatic rings. The first-order valence-corrected chi connectivity index (χ1v) is 5.60. The Morgan fingerprint density at radius 1 is 1.62 bits per heavy atom. The summed E-state index contributed by atoms with van der Waals surface area (Å²) in [6.07, 6.45) is -0.596. The molecule has 0 radical (unpaired) electrons. The third-order valence-corrected chi connectivity index (χ3v) is 2.38. The summed E-state index contributed by atoms with van der Waals surface area (Å²) in [7, 11) is 0. The Kier molecular flexibility index (Phi) is 4.86. The van der Waals surface area contributed by atoms with Gasteiger partial charge in [0.25, 0.3) is 0 Å². The number of aromatic nitrogens is 2. The van der Waals surface area contributed by atoms with Crippen molar-refractivity contribution in [1.82, 2.24) is 20.3 Å². The summed E-state index contributed by atoms with van der Waals surface area (Å²) in [4.78, 5) is 11.0. The van der Waals surface area contributed by atoms with E-state index < -0.39 is 6.09 Å². The quantitative estimate of drug-likeness (QED) is 0.547. The van der Waals surface area contributed by atoms with Crippen molar-refractivity contribution in [2.45, 2.75) is 13.8 Å². The second kappa shape index (κ2) is 6.18. The monoisotopic (exact) mass is 261 g/mol. The van der Waals surface area contributed by atoms with Gasteiger partial charge >= 0.3 is 6.09 Å². The van der Waals surface area contributed by atoms with Gasteiger partial charge in [-0.25, -0.2) is 4.79 Å². The minimum atomic E-state index is -0.596. The van der Waals surface area contributed by atoms with Crippen molar-refractivity contribution in [1.29, 1.82) is 0 Å². The van der Waals surface area contributed by atoms with Crippen LogP contribution in [0, 0.1) is 6.92 Å². The van der Waals surface area contributed by atoms with Gasteiger partial charge in [0.2, 0.25) is 0 Å². The zero-order valence-corrected chi connectivity index (χ0v) is 10.4. The van der Waals surface area contributed by atoms with Crippen LogP contribution < -0.4 is 16.2 Å². The highest BCUT2D eigenvalue weighted by Gasteiger charge is 2.05. The number of anilines is 1. The molecule has 0 saturated heterocycles. The van der Waals surface area contributed by atoms with E-state index in [1.807, 2.05) is 0 Å². The van der Waals surface area contributed by atoms with Crippen LogP contribution >= 0.6 is 23.8 Å². The second-order valence-corrected chi connectivity index (χ2v) is 3.77. The Morgan fingerprint density at radius 3 is 2.94 bits per heavy atom. The molecule has 16 heavy (non-hydrogen) atoms. The number of nitrogens with zero attached hydrogens (tertiary/aromatic N) is 2. The van der Waals surface area contributed by atoms with Crippen molar-refractivity contribution in [2.75, 3.05) is 12.0 Å². The number of hydrogen-bond acceptors (Lipinski definition) is 7. The van der Waals surface area contributed by atoms with Crippen molar-refractivity contribution in [3.8, 4) is 0 Å². The number of carbonyl (C=O) groups excluding carboxylic acids is 1. The average Bonchev–Trinajstić information content (AvgIpc) is 2.61. The number of alkyl carbamates (subject to hydrolysis) is 1. The summed E-state index contributed by atoms with van der Waals surface area (Å²) in [6.45, 7) is 3.80. The van der Waals surface area contributed by atoms with Gasteiger partial charge in [-0.05, 0) is 26.1 Å². The zero-order valence-electron chi connectivity index (χ0n) is 8.73. The van der Waals surface area contributed by atoms with E-state index in [1.54, 1.807) is 13.8 Å². The Labute approximate surface area is 102 Å². The minimum absolute atomic E-state index is 0.117. The molecule has 0 bridgehead atoms. The van der Waals surface area contributed by atoms with Gasteiger partial charge in [0.05, 0.1) is 12.3 Å². The number of aryl methyl sites for hydroxylation is 1. The van der Waals surface area contributed by atoms with Crippen LogP contribution in [0.25, 0.3) is 0 Å². The lowest BCUT2D eigenvalue weighted by molar-refractivity contribution is 0.158. The van der Waals surface area contributed by atoms with Crippen molar-refractivity contribution in [2.24, 2.45) is 0 Å². The van der Waals surface area contributed by atoms with Gasteiger partial charge < -0.3 is 4.74 Å². The van der Waals surface area contributed by atoms with Crippen LogP contribution in [0.1, 0.15) is 12.6 Å². The summed E-state index contributed by atoms with van der Waals surface area (Å²) in [5, 5.41) is 6.97. The predicted molar refractivity (Wildman–Crippen MR) is 64.2 cm³/mol. The Bertz CT molecular complexity index is 381. The van der Waals surface area contributed by atoms with E-state index in [2.05, 4.69) is 30.5 Å². The fourth-order valence-corrected chi connectivity index (χ4v) is 1.40. The van der Waals surface area contributed by atoms with Gasteiger partial charge in [0.15, 0.2) is 10.1 Å². The second-order valence-electron chi connectivity index (χ2n) is 2.61. The smallest absolute Gasteiger partial charge is 0.413 e. The van der Waals surface area contributed by atoms with Crippen LogP contribution in [0.5, 0.6) is 0 Å². The standard InChI is InChI=1S/C7H11N5O2S2/c1-3-14-7(13)8-6(15)11-10-5-4(2)9-12-16-5/h10H,3H2,1-2H3,(H2,8,11,13,15). The maximum Gasteiger partial charge on any atom is 0.413 e. The van der Waals surface area contributed by atoms with Crippen LogP contribution in [0.15, 0.2) is 0 Å². The van der Waals surface area contributed by atoms with E-state index in [-0.39, 0.29) is 5.11 Å². The highest BCUT2D eigenvalue weighted by molar-refractivity contribution is 7.80. The van der Waals surface area contributed by atoms with Crippen LogP contribution in [-0.2, 0) is 4.74 Å². The molecule has 0 fully saturated rings. The van der Waals surface area contributed by atoms with Gasteiger partial charge in [-0.3, -0.25) is 16.2 Å². The molecule has 0 aliphatic heterocycles. The number of carbonyl (C=O) groups is 1. The lowest BCUT2D eigenvalue weighted by atomic mass is 10.5. The minimum Gasteiger partial charge on any atom is -0.450 e. The largest absolute Gasteiger partial charge is 0.450 e. The number of rotatable bonds is 3. The van der Waals surface area contributed by atoms with Gasteiger partial charge in [-0.1, -0.05) is 4.49 Å². The van der Waals surface area contributed by atoms with Gasteiger partial charge in [-0.15, -0.1) is 5.10 Å². The third kappa shape index (κ3) is 3.95. The first-order valence-electron chi connectivity index (χ1n) is 4.42. The highest BCUT2D eigenvalue weighted by Crippen LogP contribution is 2.13. The number of ether oxygens (including phenoxy) is 1. The maximum atomic E-state index is 11.0. The Balaban J connectivity index is 2.31. The number of hydrazine groups is 1. The molecular weight excluding hydrogens is 250 g/mol. The molecule has 1 rings (SSSR count). The van der Waals surface area contributed by atoms with E-state index in [0.29, 0.717) is 6.61 Å². The molecule has 1 amide bonds. The van der Waals surface area contributed by atoms with E-state index >= 15 is 0 Å². The molecule has 0 aliphatic carbocycles. The normalized spacial score (nSPS) is 9.38. The molecule has 3 N–H and O–H groups in total. The number of hydrogen-bond donors (Lipinski definition) is 3. The number of thiocarbonyl (C=S) groups is 1. The molecule has 0 atom stereocenters. The lowest BCUT2D eigenvalue weighted by Crippen LogP contribution is -2.42. The number of nitrogens with one attached hydrogen (secondary N) is 3. The fourth-order valence-electron chi connectivity index (χ4n) is 0.752. The Hall–Kier alpha value is -1.48. The number of amides is 1. The van der Waals surface area contributed by atoms with Crippen molar-refractivity contribution in [3.05, 3.63) is 5.69 Å². The molecule has 88 valence electrons. The molecule has 1 heterocycles. The van der Waals surface area contributed by atoms with Gasteiger partial charge in [-0.2, -0.15) is 0 Å². The van der Waals surface area contributed by atoms with Crippen molar-refractivity contribution >= 4 is 40.0 Å². The summed E-state index contributed by atoms with van der Waals surface area (Å²) in [5.74, 6) is 0. The lowest BCUT2D eigenvalue weighted by Gasteiger charge is -2.09. The molecule has 0 spiro atoms. The summed E-state index contributed by atoms with van der Waals surface area (Å²) in [5.41, 5.74) is 6.13. The Morgan fingerprint density at radius 2 is 2.38 bits per heavy atom. The molecule has 0 aliphatic rings. The van der Waals surface area contributed by atoms with Gasteiger partial charge in [0, 0.05) is 11.5 Å². The summed E-state index contributed by atoms with van der Waals surface area (Å²) >= 11 is 6.02. The molecule has 0 unspecified atom stereocenters. The summed E-state index contributed by atoms with van der Waals surface area (Å²) < 4.78 is 8.37. The van der Waals surface area contributed by atoms with Crippen molar-refractivity contribution < 1.29 is 9.53 Å². The third-order valence-electron chi connectivity index (χ3n) is 1.43. The first kappa shape index (κ1) is 12.6. The molecule has 1 aromatic heterocycles. The molecule has 7 nitrogen and oxygen atoms in total. The first-order chi connectivity index (χ1) is 7.63. The van der Waals surface area contributed by atoms with E-state index in [4.69, 9.17) is 12.2 Å². The average molecular weight is 261 g/mol. The zero-order chi connectivity index (χ0) is 12.0. The highest BCUT2D eigenvalue weighted by atomic mass is 32.1. The van der Waals surface area contributed by atoms with E-state index in [9.17, 15) is 4.79 Å². The topological polar surface area (TPSA) is 88.2 Å². The summed E-state index contributed by atoms with van der Waals surface area (Å²) in [6, 6.07) is 0. The van der Waals surface area contributed by atoms with E-state index in [0.717, 1.165) is 10.7 Å². The molecule has 0 saturated carbocycles. The SMILES string of the molecule is CCOC(=O)NC(=S)NNc1snnc1C. The fraction of sp³-hybridized carbons (Fsp3) is 0.429. The molecular formula is C7H11N5O2S2. The van der Waals surface area contributed by atoms with Crippen LogP contribution in [0.2, 0.25) is 0 Å². The predicted octanol–water partition coefficient (Wildman–Crippen LogP) is 0.794. The van der Waals surface area contributed by atoms with Crippen LogP contribution in [0.3, 0.4) is 0 Å². The van der Waals surface area contributed by atoms with Crippen LogP contribution in [0.4, 0.5) is 9.80 Å². The maximum absolute atomic E-state index is 11.0.